The van der Waals surface area contributed by atoms with Gasteiger partial charge in [0, 0.05) is 38.2 Å². The van der Waals surface area contributed by atoms with Crippen LogP contribution in [0.15, 0.2) is 15.6 Å². The Balaban J connectivity index is 0.00000480. The molecular weight excluding hydrogens is 522 g/mol. The largest absolute Gasteiger partial charge is 0.401 e. The van der Waals surface area contributed by atoms with Gasteiger partial charge < -0.3 is 14.7 Å². The maximum Gasteiger partial charge on any atom is 0.401 e. The molecule has 31 heavy (non-hydrogen) atoms. The fraction of sp³-hybridized carbons (Fsp3) is 0.810. The quantitative estimate of drug-likeness (QED) is 0.252. The molecule has 1 atom stereocenters. The highest BCUT2D eigenvalue weighted by atomic mass is 127. The SMILES string of the molecule is CCNC(=NCc1cc(C(CC)CC)no1)N1CCC(CN(CC)CC(F)(F)F)C1.I. The summed E-state index contributed by atoms with van der Waals surface area (Å²) < 4.78 is 43.7. The second-order valence-corrected chi connectivity index (χ2v) is 7.95. The van der Waals surface area contributed by atoms with E-state index < -0.39 is 12.7 Å². The Labute approximate surface area is 201 Å². The maximum absolute atomic E-state index is 12.7. The number of aliphatic imine (C=N–C) groups is 1. The van der Waals surface area contributed by atoms with Crippen molar-refractivity contribution in [3.8, 4) is 0 Å². The van der Waals surface area contributed by atoms with Crippen molar-refractivity contribution in [2.24, 2.45) is 10.9 Å². The molecule has 0 bridgehead atoms. The summed E-state index contributed by atoms with van der Waals surface area (Å²) in [6.45, 7) is 10.7. The lowest BCUT2D eigenvalue weighted by Gasteiger charge is -2.26. The summed E-state index contributed by atoms with van der Waals surface area (Å²) in [7, 11) is 0. The van der Waals surface area contributed by atoms with E-state index >= 15 is 0 Å². The monoisotopic (exact) mass is 559 g/mol. The average molecular weight is 559 g/mol. The topological polar surface area (TPSA) is 56.9 Å². The van der Waals surface area contributed by atoms with Gasteiger partial charge in [-0.3, -0.25) is 4.90 Å². The molecule has 1 aromatic heterocycles. The highest BCUT2D eigenvalue weighted by molar-refractivity contribution is 14.0. The number of aromatic nitrogens is 1. The first-order chi connectivity index (χ1) is 14.3. The minimum Gasteiger partial charge on any atom is -0.359 e. The Morgan fingerprint density at radius 3 is 2.61 bits per heavy atom. The highest BCUT2D eigenvalue weighted by Gasteiger charge is 2.33. The summed E-state index contributed by atoms with van der Waals surface area (Å²) >= 11 is 0. The molecule has 10 heteroatoms. The first-order valence-electron chi connectivity index (χ1n) is 11.1. The summed E-state index contributed by atoms with van der Waals surface area (Å²) in [4.78, 5) is 8.30. The zero-order valence-electron chi connectivity index (χ0n) is 19.0. The van der Waals surface area contributed by atoms with Crippen LogP contribution in [-0.4, -0.2) is 66.4 Å². The van der Waals surface area contributed by atoms with Gasteiger partial charge in [-0.15, -0.1) is 24.0 Å². The number of halogens is 4. The van der Waals surface area contributed by atoms with Gasteiger partial charge in [0.1, 0.15) is 6.54 Å². The number of rotatable bonds is 10. The van der Waals surface area contributed by atoms with E-state index in [-0.39, 0.29) is 29.9 Å². The molecule has 0 radical (unpaired) electrons. The van der Waals surface area contributed by atoms with E-state index in [0.29, 0.717) is 32.1 Å². The van der Waals surface area contributed by atoms with Crippen molar-refractivity contribution in [2.75, 3.05) is 39.3 Å². The molecule has 1 fully saturated rings. The number of likely N-dealkylation sites (tertiary alicyclic amines) is 1. The molecule has 0 saturated carbocycles. The van der Waals surface area contributed by atoms with Gasteiger partial charge in [-0.2, -0.15) is 13.2 Å². The Morgan fingerprint density at radius 2 is 2.03 bits per heavy atom. The minimum atomic E-state index is -4.16. The fourth-order valence-electron chi connectivity index (χ4n) is 3.98. The molecule has 1 aromatic rings. The van der Waals surface area contributed by atoms with E-state index in [1.54, 1.807) is 6.92 Å². The second-order valence-electron chi connectivity index (χ2n) is 7.95. The van der Waals surface area contributed by atoms with Gasteiger partial charge in [0.25, 0.3) is 0 Å². The molecule has 0 amide bonds. The predicted octanol–water partition coefficient (Wildman–Crippen LogP) is 4.87. The molecule has 2 heterocycles. The summed E-state index contributed by atoms with van der Waals surface area (Å²) in [5, 5.41) is 7.48. The van der Waals surface area contributed by atoms with Crippen molar-refractivity contribution >= 4 is 29.9 Å². The summed E-state index contributed by atoms with van der Waals surface area (Å²) in [5.74, 6) is 2.10. The summed E-state index contributed by atoms with van der Waals surface area (Å²) in [5.41, 5.74) is 0.973. The molecule has 0 aromatic carbocycles. The second kappa shape index (κ2) is 13.5. The number of nitrogens with one attached hydrogen (secondary N) is 1. The molecule has 1 N–H and O–H groups in total. The molecule has 1 aliphatic rings. The Hall–Kier alpha value is -1.04. The van der Waals surface area contributed by atoms with Crippen LogP contribution in [0.4, 0.5) is 13.2 Å². The van der Waals surface area contributed by atoms with Crippen LogP contribution >= 0.6 is 24.0 Å². The van der Waals surface area contributed by atoms with Crippen molar-refractivity contribution in [2.45, 2.75) is 65.6 Å². The van der Waals surface area contributed by atoms with E-state index in [1.807, 2.05) is 13.0 Å². The summed E-state index contributed by atoms with van der Waals surface area (Å²) in [6.07, 6.45) is -1.26. The van der Waals surface area contributed by atoms with Crippen LogP contribution in [0, 0.1) is 5.92 Å². The van der Waals surface area contributed by atoms with Crippen molar-refractivity contribution in [3.05, 3.63) is 17.5 Å². The molecule has 6 nitrogen and oxygen atoms in total. The third kappa shape index (κ3) is 9.15. The smallest absolute Gasteiger partial charge is 0.359 e. The molecule has 0 aliphatic carbocycles. The van der Waals surface area contributed by atoms with Crippen molar-refractivity contribution in [3.63, 3.8) is 0 Å². The van der Waals surface area contributed by atoms with Gasteiger partial charge in [0.05, 0.1) is 12.2 Å². The van der Waals surface area contributed by atoms with Crippen LogP contribution < -0.4 is 5.32 Å². The highest BCUT2D eigenvalue weighted by Crippen LogP contribution is 2.23. The molecule has 1 unspecified atom stereocenters. The van der Waals surface area contributed by atoms with E-state index in [9.17, 15) is 13.2 Å². The maximum atomic E-state index is 12.7. The standard InChI is InChI=1S/C21H36F3N5O.HI/c1-5-17(6-2)19-11-18(30-27-19)12-26-20(25-7-3)29-10-9-16(14-29)13-28(8-4)15-21(22,23)24;/h11,16-17H,5-10,12-15H2,1-4H3,(H,25,26);1H. The Bertz CT molecular complexity index is 664. The van der Waals surface area contributed by atoms with Crippen LogP contribution in [0.1, 0.15) is 64.3 Å². The van der Waals surface area contributed by atoms with Crippen LogP contribution in [0.3, 0.4) is 0 Å². The van der Waals surface area contributed by atoms with Crippen molar-refractivity contribution < 1.29 is 17.7 Å². The van der Waals surface area contributed by atoms with Crippen molar-refractivity contribution in [1.82, 2.24) is 20.3 Å². The number of hydrogen-bond acceptors (Lipinski definition) is 4. The van der Waals surface area contributed by atoms with Crippen LogP contribution in [-0.2, 0) is 6.54 Å². The normalized spacial score (nSPS) is 17.5. The first kappa shape index (κ1) is 28.0. The van der Waals surface area contributed by atoms with E-state index in [4.69, 9.17) is 4.52 Å². The predicted molar refractivity (Wildman–Crippen MR) is 128 cm³/mol. The molecule has 1 saturated heterocycles. The lowest BCUT2D eigenvalue weighted by atomic mass is 9.99. The fourth-order valence-corrected chi connectivity index (χ4v) is 3.98. The number of guanidine groups is 1. The van der Waals surface area contributed by atoms with Gasteiger partial charge in [0.2, 0.25) is 0 Å². The first-order valence-corrected chi connectivity index (χ1v) is 11.1. The van der Waals surface area contributed by atoms with Crippen molar-refractivity contribution in [1.29, 1.82) is 0 Å². The van der Waals surface area contributed by atoms with Gasteiger partial charge in [0.15, 0.2) is 11.7 Å². The van der Waals surface area contributed by atoms with Gasteiger partial charge in [-0.05, 0) is 38.6 Å². The van der Waals surface area contributed by atoms with Gasteiger partial charge in [-0.1, -0.05) is 25.9 Å². The van der Waals surface area contributed by atoms with E-state index in [1.165, 1.54) is 4.90 Å². The van der Waals surface area contributed by atoms with E-state index in [0.717, 1.165) is 49.8 Å². The average Bonchev–Trinajstić information content (AvgIpc) is 3.34. The van der Waals surface area contributed by atoms with E-state index in [2.05, 4.69) is 34.2 Å². The molecule has 180 valence electrons. The molecular formula is C21H37F3IN5O. The third-order valence-corrected chi connectivity index (χ3v) is 5.65. The number of hydrogen-bond donors (Lipinski definition) is 1. The van der Waals surface area contributed by atoms with Gasteiger partial charge >= 0.3 is 6.18 Å². The van der Waals surface area contributed by atoms with Crippen LogP contribution in [0.2, 0.25) is 0 Å². The zero-order chi connectivity index (χ0) is 22.1. The Kier molecular flexibility index (Phi) is 12.2. The van der Waals surface area contributed by atoms with Crippen LogP contribution in [0.5, 0.6) is 0 Å². The third-order valence-electron chi connectivity index (χ3n) is 5.65. The lowest BCUT2D eigenvalue weighted by Crippen LogP contribution is -2.41. The van der Waals surface area contributed by atoms with Gasteiger partial charge in [-0.25, -0.2) is 4.99 Å². The molecule has 1 aliphatic heterocycles. The lowest BCUT2D eigenvalue weighted by molar-refractivity contribution is -0.146. The molecule has 0 spiro atoms. The number of alkyl halides is 3. The zero-order valence-corrected chi connectivity index (χ0v) is 21.4. The molecule has 2 rings (SSSR count). The Morgan fingerprint density at radius 1 is 1.32 bits per heavy atom. The minimum absolute atomic E-state index is 0. The van der Waals surface area contributed by atoms with Crippen LogP contribution in [0.25, 0.3) is 0 Å². The number of nitrogens with zero attached hydrogens (tertiary/aromatic N) is 4. The summed E-state index contributed by atoms with van der Waals surface area (Å²) in [6, 6.07) is 1.98.